The minimum absolute atomic E-state index is 0.872. The zero-order chi connectivity index (χ0) is 15.4. The maximum Gasteiger partial charge on any atom is 0.120 e. The van der Waals surface area contributed by atoms with E-state index >= 15 is 0 Å². The summed E-state index contributed by atoms with van der Waals surface area (Å²) in [6.07, 6.45) is 3.61. The Bertz CT molecular complexity index is 802. The Balaban J connectivity index is 2.10. The van der Waals surface area contributed by atoms with Crippen molar-refractivity contribution in [3.63, 3.8) is 0 Å². The molecule has 0 aromatic heterocycles. The summed E-state index contributed by atoms with van der Waals surface area (Å²) in [5.74, 6) is 0.872. The van der Waals surface area contributed by atoms with Crippen molar-refractivity contribution < 1.29 is 9.47 Å². The van der Waals surface area contributed by atoms with E-state index in [1.54, 1.807) is 20.5 Å². The van der Waals surface area contributed by atoms with Crippen LogP contribution in [0.1, 0.15) is 5.56 Å². The van der Waals surface area contributed by atoms with Gasteiger partial charge in [0.15, 0.2) is 0 Å². The van der Waals surface area contributed by atoms with Gasteiger partial charge in [-0.15, -0.1) is 0 Å². The SMILES string of the molecule is CO/C=C/c1ccc(-c2cc(OC)cc3ccccc23)cc1. The summed E-state index contributed by atoms with van der Waals surface area (Å²) in [7, 11) is 3.35. The molecule has 0 saturated heterocycles. The third-order valence-corrected chi connectivity index (χ3v) is 3.69. The maximum atomic E-state index is 5.43. The van der Waals surface area contributed by atoms with Crippen molar-refractivity contribution in [2.45, 2.75) is 0 Å². The van der Waals surface area contributed by atoms with Gasteiger partial charge in [0, 0.05) is 0 Å². The van der Waals surface area contributed by atoms with Gasteiger partial charge in [0.25, 0.3) is 0 Å². The largest absolute Gasteiger partial charge is 0.504 e. The van der Waals surface area contributed by atoms with E-state index in [2.05, 4.69) is 54.6 Å². The summed E-state index contributed by atoms with van der Waals surface area (Å²) in [5.41, 5.74) is 3.46. The van der Waals surface area contributed by atoms with Gasteiger partial charge in [-0.3, -0.25) is 0 Å². The smallest absolute Gasteiger partial charge is 0.120 e. The van der Waals surface area contributed by atoms with Crippen molar-refractivity contribution in [1.82, 2.24) is 0 Å². The maximum absolute atomic E-state index is 5.43. The average Bonchev–Trinajstić information content (AvgIpc) is 2.59. The van der Waals surface area contributed by atoms with Crippen LogP contribution in [0.2, 0.25) is 0 Å². The van der Waals surface area contributed by atoms with Gasteiger partial charge in [0.2, 0.25) is 0 Å². The van der Waals surface area contributed by atoms with Gasteiger partial charge in [-0.2, -0.15) is 0 Å². The minimum Gasteiger partial charge on any atom is -0.504 e. The first-order chi connectivity index (χ1) is 10.8. The first-order valence-corrected chi connectivity index (χ1v) is 7.18. The van der Waals surface area contributed by atoms with Gasteiger partial charge in [0.1, 0.15) is 5.75 Å². The second kappa shape index (κ2) is 6.35. The molecule has 0 saturated carbocycles. The molecule has 0 radical (unpaired) electrons. The van der Waals surface area contributed by atoms with E-state index in [1.807, 2.05) is 12.1 Å². The molecular weight excluding hydrogens is 272 g/mol. The van der Waals surface area contributed by atoms with Crippen LogP contribution in [0.25, 0.3) is 28.0 Å². The molecule has 0 atom stereocenters. The van der Waals surface area contributed by atoms with Gasteiger partial charge in [-0.25, -0.2) is 0 Å². The monoisotopic (exact) mass is 290 g/mol. The summed E-state index contributed by atoms with van der Waals surface area (Å²) in [6.45, 7) is 0. The molecule has 0 heterocycles. The molecule has 3 aromatic rings. The fourth-order valence-corrected chi connectivity index (χ4v) is 2.56. The molecule has 3 aromatic carbocycles. The van der Waals surface area contributed by atoms with Gasteiger partial charge in [0.05, 0.1) is 20.5 Å². The van der Waals surface area contributed by atoms with Crippen molar-refractivity contribution in [3.8, 4) is 16.9 Å². The highest BCUT2D eigenvalue weighted by Crippen LogP contribution is 2.33. The first kappa shape index (κ1) is 14.2. The van der Waals surface area contributed by atoms with E-state index in [-0.39, 0.29) is 0 Å². The standard InChI is InChI=1S/C20H18O2/c1-21-12-11-15-7-9-16(10-8-15)20-14-18(22-2)13-17-5-3-4-6-19(17)20/h3-14H,1-2H3/b12-11+. The van der Waals surface area contributed by atoms with Gasteiger partial charge in [-0.1, -0.05) is 48.5 Å². The normalized spacial score (nSPS) is 11.0. The lowest BCUT2D eigenvalue weighted by molar-refractivity contribution is 0.341. The predicted octanol–water partition coefficient (Wildman–Crippen LogP) is 5.13. The van der Waals surface area contributed by atoms with Crippen molar-refractivity contribution >= 4 is 16.8 Å². The second-order valence-electron chi connectivity index (χ2n) is 5.06. The summed E-state index contributed by atoms with van der Waals surface area (Å²) < 4.78 is 10.4. The van der Waals surface area contributed by atoms with E-state index in [4.69, 9.17) is 9.47 Å². The Morgan fingerprint density at radius 2 is 1.64 bits per heavy atom. The molecule has 2 nitrogen and oxygen atoms in total. The molecule has 110 valence electrons. The molecule has 3 rings (SSSR count). The second-order valence-corrected chi connectivity index (χ2v) is 5.06. The van der Waals surface area contributed by atoms with Crippen molar-refractivity contribution in [2.24, 2.45) is 0 Å². The lowest BCUT2D eigenvalue weighted by atomic mass is 9.97. The quantitative estimate of drug-likeness (QED) is 0.620. The van der Waals surface area contributed by atoms with E-state index in [0.717, 1.165) is 11.3 Å². The Hall–Kier alpha value is -2.74. The molecule has 0 fully saturated rings. The van der Waals surface area contributed by atoms with E-state index in [1.165, 1.54) is 21.9 Å². The molecule has 2 heteroatoms. The topological polar surface area (TPSA) is 18.5 Å². The molecule has 0 amide bonds. The summed E-state index contributed by atoms with van der Waals surface area (Å²) in [5, 5.41) is 2.41. The van der Waals surface area contributed by atoms with Crippen LogP contribution in [0.4, 0.5) is 0 Å². The van der Waals surface area contributed by atoms with Crippen molar-refractivity contribution in [1.29, 1.82) is 0 Å². The van der Waals surface area contributed by atoms with Crippen LogP contribution < -0.4 is 4.74 Å². The molecular formula is C20H18O2. The van der Waals surface area contributed by atoms with Crippen LogP contribution >= 0.6 is 0 Å². The zero-order valence-corrected chi connectivity index (χ0v) is 12.7. The molecule has 0 bridgehead atoms. The number of methoxy groups -OCH3 is 2. The van der Waals surface area contributed by atoms with Crippen LogP contribution in [0.3, 0.4) is 0 Å². The van der Waals surface area contributed by atoms with Crippen LogP contribution in [0, 0.1) is 0 Å². The zero-order valence-electron chi connectivity index (χ0n) is 12.7. The Kier molecular flexibility index (Phi) is 4.10. The third-order valence-electron chi connectivity index (χ3n) is 3.69. The minimum atomic E-state index is 0.872. The Morgan fingerprint density at radius 1 is 0.864 bits per heavy atom. The molecule has 0 unspecified atom stereocenters. The Morgan fingerprint density at radius 3 is 2.36 bits per heavy atom. The molecule has 0 spiro atoms. The van der Waals surface area contributed by atoms with Gasteiger partial charge < -0.3 is 9.47 Å². The average molecular weight is 290 g/mol. The Labute approximate surface area is 130 Å². The highest BCUT2D eigenvalue weighted by Gasteiger charge is 2.06. The van der Waals surface area contributed by atoms with Gasteiger partial charge >= 0.3 is 0 Å². The molecule has 0 aliphatic rings. The van der Waals surface area contributed by atoms with Gasteiger partial charge in [-0.05, 0) is 45.7 Å². The number of hydrogen-bond acceptors (Lipinski definition) is 2. The highest BCUT2D eigenvalue weighted by atomic mass is 16.5. The fourth-order valence-electron chi connectivity index (χ4n) is 2.56. The lowest BCUT2D eigenvalue weighted by Crippen LogP contribution is -1.87. The highest BCUT2D eigenvalue weighted by molar-refractivity contribution is 5.98. The molecule has 0 aliphatic heterocycles. The summed E-state index contributed by atoms with van der Waals surface area (Å²) in [6, 6.07) is 20.9. The molecule has 0 aliphatic carbocycles. The number of rotatable bonds is 4. The van der Waals surface area contributed by atoms with Crippen LogP contribution in [-0.2, 0) is 4.74 Å². The van der Waals surface area contributed by atoms with Crippen molar-refractivity contribution in [3.05, 3.63) is 72.5 Å². The molecule has 0 N–H and O–H groups in total. The molecule has 22 heavy (non-hydrogen) atoms. The third kappa shape index (κ3) is 2.82. The summed E-state index contributed by atoms with van der Waals surface area (Å²) in [4.78, 5) is 0. The number of benzene rings is 3. The van der Waals surface area contributed by atoms with E-state index in [9.17, 15) is 0 Å². The summed E-state index contributed by atoms with van der Waals surface area (Å²) >= 11 is 0. The van der Waals surface area contributed by atoms with Crippen molar-refractivity contribution in [2.75, 3.05) is 14.2 Å². The van der Waals surface area contributed by atoms with Crippen LogP contribution in [0.5, 0.6) is 5.75 Å². The first-order valence-electron chi connectivity index (χ1n) is 7.18. The fraction of sp³-hybridized carbons (Fsp3) is 0.100. The number of fused-ring (bicyclic) bond motifs is 1. The lowest BCUT2D eigenvalue weighted by Gasteiger charge is -2.10. The van der Waals surface area contributed by atoms with Crippen LogP contribution in [-0.4, -0.2) is 14.2 Å². The number of ether oxygens (including phenoxy) is 2. The van der Waals surface area contributed by atoms with E-state index in [0.29, 0.717) is 0 Å². The number of hydrogen-bond donors (Lipinski definition) is 0. The van der Waals surface area contributed by atoms with E-state index < -0.39 is 0 Å². The van der Waals surface area contributed by atoms with Crippen LogP contribution in [0.15, 0.2) is 66.9 Å². The predicted molar refractivity (Wildman–Crippen MR) is 92.0 cm³/mol.